The van der Waals surface area contributed by atoms with Crippen molar-refractivity contribution in [2.45, 2.75) is 25.3 Å². The SMILES string of the molecule is CN(C(=O)c1nonc1N)C1CCCc2ccccc21. The van der Waals surface area contributed by atoms with Crippen molar-refractivity contribution in [1.29, 1.82) is 0 Å². The van der Waals surface area contributed by atoms with E-state index in [1.165, 1.54) is 11.1 Å². The van der Waals surface area contributed by atoms with Crippen LogP contribution in [0.15, 0.2) is 28.9 Å². The summed E-state index contributed by atoms with van der Waals surface area (Å²) in [5.41, 5.74) is 8.17. The van der Waals surface area contributed by atoms with E-state index in [1.54, 1.807) is 11.9 Å². The molecule has 1 aromatic heterocycles. The zero-order valence-electron chi connectivity index (χ0n) is 11.2. The van der Waals surface area contributed by atoms with Crippen molar-refractivity contribution in [3.8, 4) is 0 Å². The van der Waals surface area contributed by atoms with E-state index in [0.717, 1.165) is 19.3 Å². The van der Waals surface area contributed by atoms with Crippen LogP contribution in [-0.4, -0.2) is 28.2 Å². The summed E-state index contributed by atoms with van der Waals surface area (Å²) in [7, 11) is 1.77. The molecule has 1 aliphatic carbocycles. The number of fused-ring (bicyclic) bond motifs is 1. The number of nitrogens with two attached hydrogens (primary N) is 1. The minimum absolute atomic E-state index is 0.0333. The second-order valence-corrected chi connectivity index (χ2v) is 5.02. The minimum atomic E-state index is -0.259. The highest BCUT2D eigenvalue weighted by molar-refractivity contribution is 5.96. The molecule has 0 saturated carbocycles. The van der Waals surface area contributed by atoms with Gasteiger partial charge in [0.2, 0.25) is 11.5 Å². The topological polar surface area (TPSA) is 85.2 Å². The van der Waals surface area contributed by atoms with Crippen LogP contribution in [0, 0.1) is 0 Å². The maximum atomic E-state index is 12.4. The third-order valence-electron chi connectivity index (χ3n) is 3.84. The predicted octanol–water partition coefficient (Wildman–Crippen LogP) is 1.80. The van der Waals surface area contributed by atoms with Gasteiger partial charge in [-0.1, -0.05) is 24.3 Å². The highest BCUT2D eigenvalue weighted by Gasteiger charge is 2.29. The molecular weight excluding hydrogens is 256 g/mol. The number of aromatic nitrogens is 2. The van der Waals surface area contributed by atoms with E-state index in [2.05, 4.69) is 27.1 Å². The van der Waals surface area contributed by atoms with Crippen molar-refractivity contribution >= 4 is 11.7 Å². The van der Waals surface area contributed by atoms with Gasteiger partial charge in [0.05, 0.1) is 6.04 Å². The minimum Gasteiger partial charge on any atom is -0.379 e. The lowest BCUT2D eigenvalue weighted by molar-refractivity contribution is 0.0704. The highest BCUT2D eigenvalue weighted by Crippen LogP contribution is 2.34. The summed E-state index contributed by atoms with van der Waals surface area (Å²) in [4.78, 5) is 14.1. The van der Waals surface area contributed by atoms with E-state index < -0.39 is 0 Å². The van der Waals surface area contributed by atoms with Crippen LogP contribution < -0.4 is 5.73 Å². The van der Waals surface area contributed by atoms with E-state index in [4.69, 9.17) is 5.73 Å². The summed E-state index contributed by atoms with van der Waals surface area (Å²) < 4.78 is 4.50. The molecule has 1 aromatic carbocycles. The van der Waals surface area contributed by atoms with Crippen molar-refractivity contribution in [2.75, 3.05) is 12.8 Å². The van der Waals surface area contributed by atoms with Gasteiger partial charge in [0.1, 0.15) is 0 Å². The highest BCUT2D eigenvalue weighted by atomic mass is 16.6. The smallest absolute Gasteiger partial charge is 0.280 e. The lowest BCUT2D eigenvalue weighted by atomic mass is 9.87. The number of hydrogen-bond acceptors (Lipinski definition) is 5. The van der Waals surface area contributed by atoms with Gasteiger partial charge in [-0.3, -0.25) is 4.79 Å². The molecule has 0 bridgehead atoms. The molecular formula is C14H16N4O2. The number of anilines is 1. The second-order valence-electron chi connectivity index (χ2n) is 5.02. The molecule has 0 fully saturated rings. The Morgan fingerprint density at radius 1 is 1.40 bits per heavy atom. The molecule has 0 radical (unpaired) electrons. The Morgan fingerprint density at radius 2 is 2.20 bits per heavy atom. The predicted molar refractivity (Wildman–Crippen MR) is 72.9 cm³/mol. The number of amides is 1. The van der Waals surface area contributed by atoms with E-state index in [0.29, 0.717) is 0 Å². The van der Waals surface area contributed by atoms with E-state index >= 15 is 0 Å². The average molecular weight is 272 g/mol. The van der Waals surface area contributed by atoms with Crippen LogP contribution in [0.2, 0.25) is 0 Å². The maximum absolute atomic E-state index is 12.4. The second kappa shape index (κ2) is 4.96. The third kappa shape index (κ3) is 2.03. The van der Waals surface area contributed by atoms with Crippen LogP contribution >= 0.6 is 0 Å². The molecule has 1 amide bonds. The summed E-state index contributed by atoms with van der Waals surface area (Å²) in [5, 5.41) is 7.04. The van der Waals surface area contributed by atoms with Crippen LogP contribution in [0.5, 0.6) is 0 Å². The fraction of sp³-hybridized carbons (Fsp3) is 0.357. The van der Waals surface area contributed by atoms with Gasteiger partial charge in [-0.25, -0.2) is 4.63 Å². The molecule has 2 aromatic rings. The van der Waals surface area contributed by atoms with Crippen LogP contribution in [0.1, 0.15) is 40.5 Å². The van der Waals surface area contributed by atoms with Gasteiger partial charge in [0, 0.05) is 7.05 Å². The van der Waals surface area contributed by atoms with Crippen LogP contribution in [0.3, 0.4) is 0 Å². The molecule has 2 N–H and O–H groups in total. The Kier molecular flexibility index (Phi) is 3.14. The van der Waals surface area contributed by atoms with Crippen molar-refractivity contribution in [1.82, 2.24) is 15.2 Å². The zero-order valence-corrected chi connectivity index (χ0v) is 11.2. The Bertz CT molecular complexity index is 638. The number of rotatable bonds is 2. The number of benzene rings is 1. The number of carbonyl (C=O) groups is 1. The first-order valence-corrected chi connectivity index (χ1v) is 6.61. The van der Waals surface area contributed by atoms with E-state index in [1.807, 2.05) is 12.1 Å². The number of carbonyl (C=O) groups excluding carboxylic acids is 1. The largest absolute Gasteiger partial charge is 0.379 e. The first-order valence-electron chi connectivity index (χ1n) is 6.61. The fourth-order valence-electron chi connectivity index (χ4n) is 2.78. The molecule has 6 nitrogen and oxygen atoms in total. The monoisotopic (exact) mass is 272 g/mol. The first-order chi connectivity index (χ1) is 9.68. The lowest BCUT2D eigenvalue weighted by Crippen LogP contribution is -2.33. The van der Waals surface area contributed by atoms with Gasteiger partial charge >= 0.3 is 0 Å². The lowest BCUT2D eigenvalue weighted by Gasteiger charge is -2.32. The summed E-state index contributed by atoms with van der Waals surface area (Å²) in [6.45, 7) is 0. The summed E-state index contributed by atoms with van der Waals surface area (Å²) in [5.74, 6) is -0.226. The number of hydrogen-bond donors (Lipinski definition) is 1. The van der Waals surface area contributed by atoms with Crippen LogP contribution in [0.25, 0.3) is 0 Å². The summed E-state index contributed by atoms with van der Waals surface area (Å²) in [6.07, 6.45) is 3.05. The van der Waals surface area contributed by atoms with Crippen LogP contribution in [0.4, 0.5) is 5.82 Å². The molecule has 0 saturated heterocycles. The normalized spacial score (nSPS) is 17.6. The molecule has 3 rings (SSSR count). The van der Waals surface area contributed by atoms with Crippen molar-refractivity contribution in [2.24, 2.45) is 0 Å². The molecule has 20 heavy (non-hydrogen) atoms. The van der Waals surface area contributed by atoms with Crippen molar-refractivity contribution < 1.29 is 9.42 Å². The fourth-order valence-corrected chi connectivity index (χ4v) is 2.78. The quantitative estimate of drug-likeness (QED) is 0.901. The molecule has 0 aliphatic heterocycles. The van der Waals surface area contributed by atoms with Gasteiger partial charge < -0.3 is 10.6 Å². The molecule has 1 aliphatic rings. The van der Waals surface area contributed by atoms with Gasteiger partial charge in [0.25, 0.3) is 5.91 Å². The first kappa shape index (κ1) is 12.7. The standard InChI is InChI=1S/C14H16N4O2/c1-18(14(19)12-13(15)17-20-16-12)11-8-4-6-9-5-2-3-7-10(9)11/h2-3,5,7,11H,4,6,8H2,1H3,(H2,15,17). The molecule has 1 heterocycles. The molecule has 1 atom stereocenters. The third-order valence-corrected chi connectivity index (χ3v) is 3.84. The molecule has 104 valence electrons. The van der Waals surface area contributed by atoms with Crippen LogP contribution in [-0.2, 0) is 6.42 Å². The van der Waals surface area contributed by atoms with Crippen molar-refractivity contribution in [3.05, 3.63) is 41.1 Å². The van der Waals surface area contributed by atoms with E-state index in [-0.39, 0.29) is 23.5 Å². The Balaban J connectivity index is 1.90. The number of aryl methyl sites for hydroxylation is 1. The summed E-state index contributed by atoms with van der Waals surface area (Å²) >= 11 is 0. The average Bonchev–Trinajstić information content (AvgIpc) is 2.91. The van der Waals surface area contributed by atoms with Gasteiger partial charge in [-0.2, -0.15) is 0 Å². The van der Waals surface area contributed by atoms with Gasteiger partial charge in [-0.05, 0) is 40.7 Å². The maximum Gasteiger partial charge on any atom is 0.280 e. The Hall–Kier alpha value is -2.37. The Labute approximate surface area is 116 Å². The number of nitrogens with zero attached hydrogens (tertiary/aromatic N) is 3. The van der Waals surface area contributed by atoms with Gasteiger partial charge in [-0.15, -0.1) is 0 Å². The molecule has 1 unspecified atom stereocenters. The van der Waals surface area contributed by atoms with Crippen molar-refractivity contribution in [3.63, 3.8) is 0 Å². The number of nitrogen functional groups attached to an aromatic ring is 1. The molecule has 0 spiro atoms. The Morgan fingerprint density at radius 3 is 2.95 bits per heavy atom. The molecule has 6 heteroatoms. The summed E-state index contributed by atoms with van der Waals surface area (Å²) in [6, 6.07) is 8.27. The zero-order chi connectivity index (χ0) is 14.1. The van der Waals surface area contributed by atoms with E-state index in [9.17, 15) is 4.79 Å². The van der Waals surface area contributed by atoms with Gasteiger partial charge in [0.15, 0.2) is 0 Å².